The second kappa shape index (κ2) is 6.99. The summed E-state index contributed by atoms with van der Waals surface area (Å²) in [6.07, 6.45) is 1.72. The zero-order valence-corrected chi connectivity index (χ0v) is 16.5. The molecule has 0 radical (unpaired) electrons. The highest BCUT2D eigenvalue weighted by atomic mass is 16.4. The molecule has 30 heavy (non-hydrogen) atoms. The average Bonchev–Trinajstić information content (AvgIpc) is 3.16. The van der Waals surface area contributed by atoms with Crippen molar-refractivity contribution in [2.75, 3.05) is 0 Å². The van der Waals surface area contributed by atoms with Crippen LogP contribution in [-0.2, 0) is 4.79 Å². The number of nitrogens with zero attached hydrogens (tertiary/aromatic N) is 1. The normalized spacial score (nSPS) is 22.6. The molecule has 3 atom stereocenters. The predicted octanol–water partition coefficient (Wildman–Crippen LogP) is 5.98. The van der Waals surface area contributed by atoms with Gasteiger partial charge in [-0.3, -0.25) is 4.79 Å². The first-order valence-corrected chi connectivity index (χ1v) is 9.99. The fourth-order valence-electron chi connectivity index (χ4n) is 4.49. The predicted molar refractivity (Wildman–Crippen MR) is 115 cm³/mol. The van der Waals surface area contributed by atoms with Crippen LogP contribution in [0, 0.1) is 5.41 Å². The number of hydrogen-bond acceptors (Lipinski definition) is 3. The van der Waals surface area contributed by atoms with E-state index >= 15 is 0 Å². The molecular formula is C26H21NO3. The van der Waals surface area contributed by atoms with Crippen molar-refractivity contribution in [3.8, 4) is 22.8 Å². The molecule has 3 aromatic carbocycles. The Kier molecular flexibility index (Phi) is 4.28. The van der Waals surface area contributed by atoms with Crippen molar-refractivity contribution in [1.29, 1.82) is 0 Å². The molecule has 0 aliphatic heterocycles. The zero-order chi connectivity index (χ0) is 20.7. The minimum Gasteiger partial charge on any atom is -0.481 e. The summed E-state index contributed by atoms with van der Waals surface area (Å²) in [5, 5.41) is 9.90. The summed E-state index contributed by atoms with van der Waals surface area (Å²) >= 11 is 0. The fraction of sp³-hybridized carbons (Fsp3) is 0.154. The molecule has 4 aromatic rings. The van der Waals surface area contributed by atoms with E-state index in [4.69, 9.17) is 4.42 Å². The summed E-state index contributed by atoms with van der Waals surface area (Å²) in [5.41, 5.74) is 3.15. The highest BCUT2D eigenvalue weighted by Gasteiger charge is 2.67. The molecule has 4 heteroatoms. The number of benzene rings is 3. The summed E-state index contributed by atoms with van der Waals surface area (Å²) in [7, 11) is 0. The largest absolute Gasteiger partial charge is 0.481 e. The molecule has 148 valence electrons. The molecule has 1 aliphatic carbocycles. The fourth-order valence-corrected chi connectivity index (χ4v) is 4.49. The van der Waals surface area contributed by atoms with Gasteiger partial charge >= 0.3 is 5.97 Å². The molecular weight excluding hydrogens is 374 g/mol. The van der Waals surface area contributed by atoms with E-state index in [2.05, 4.69) is 4.98 Å². The van der Waals surface area contributed by atoms with E-state index in [0.717, 1.165) is 22.3 Å². The Labute approximate surface area is 174 Å². The monoisotopic (exact) mass is 395 g/mol. The van der Waals surface area contributed by atoms with Crippen LogP contribution in [0.4, 0.5) is 0 Å². The number of aromatic nitrogens is 1. The molecule has 1 fully saturated rings. The van der Waals surface area contributed by atoms with Crippen molar-refractivity contribution >= 4 is 5.97 Å². The summed E-state index contributed by atoms with van der Waals surface area (Å²) in [5.74, 6) is 0.433. The summed E-state index contributed by atoms with van der Waals surface area (Å²) in [4.78, 5) is 16.4. The lowest BCUT2D eigenvalue weighted by Crippen LogP contribution is -2.14. The molecule has 1 saturated carbocycles. The summed E-state index contributed by atoms with van der Waals surface area (Å²) in [6, 6.07) is 27.7. The van der Waals surface area contributed by atoms with Crippen molar-refractivity contribution in [3.05, 3.63) is 102 Å². The Morgan fingerprint density at radius 2 is 1.40 bits per heavy atom. The second-order valence-electron chi connectivity index (χ2n) is 7.97. The number of rotatable bonds is 5. The number of carboxylic acids is 1. The van der Waals surface area contributed by atoms with E-state index in [0.29, 0.717) is 11.7 Å². The van der Waals surface area contributed by atoms with Gasteiger partial charge in [-0.2, -0.15) is 0 Å². The second-order valence-corrected chi connectivity index (χ2v) is 7.97. The van der Waals surface area contributed by atoms with Crippen molar-refractivity contribution in [1.82, 2.24) is 4.98 Å². The molecule has 0 spiro atoms. The van der Waals surface area contributed by atoms with Crippen molar-refractivity contribution in [3.63, 3.8) is 0 Å². The van der Waals surface area contributed by atoms with Crippen LogP contribution in [0.2, 0.25) is 0 Å². The van der Waals surface area contributed by atoms with Crippen molar-refractivity contribution in [2.45, 2.75) is 18.8 Å². The first kappa shape index (κ1) is 18.4. The van der Waals surface area contributed by atoms with Gasteiger partial charge in [-0.15, -0.1) is 0 Å². The van der Waals surface area contributed by atoms with Gasteiger partial charge in [0.05, 0.1) is 11.6 Å². The smallest absolute Gasteiger partial charge is 0.310 e. The van der Waals surface area contributed by atoms with Crippen LogP contribution in [0.5, 0.6) is 0 Å². The van der Waals surface area contributed by atoms with Crippen molar-refractivity contribution in [2.24, 2.45) is 5.41 Å². The molecule has 1 N–H and O–H groups in total. The SMILES string of the molecule is CC1(C(=O)O)C(c2ccccc2)C1c1ccc(-c2cnc(-c3ccccc3)o2)cc1. The Balaban J connectivity index is 1.43. The molecule has 5 rings (SSSR count). The molecule has 1 aromatic heterocycles. The first-order chi connectivity index (χ1) is 14.6. The van der Waals surface area contributed by atoms with E-state index in [-0.39, 0.29) is 11.8 Å². The third-order valence-corrected chi connectivity index (χ3v) is 6.22. The van der Waals surface area contributed by atoms with E-state index < -0.39 is 11.4 Å². The molecule has 0 saturated heterocycles. The van der Waals surface area contributed by atoms with Gasteiger partial charge in [-0.1, -0.05) is 72.8 Å². The number of oxazole rings is 1. The van der Waals surface area contributed by atoms with Crippen LogP contribution in [0.3, 0.4) is 0 Å². The summed E-state index contributed by atoms with van der Waals surface area (Å²) in [6.45, 7) is 1.84. The Hall–Kier alpha value is -3.66. The molecule has 0 bridgehead atoms. The highest BCUT2D eigenvalue weighted by Crippen LogP contribution is 2.70. The topological polar surface area (TPSA) is 63.3 Å². The van der Waals surface area contributed by atoms with Crippen LogP contribution in [0.25, 0.3) is 22.8 Å². The van der Waals surface area contributed by atoms with Crippen molar-refractivity contribution < 1.29 is 14.3 Å². The van der Waals surface area contributed by atoms with Gasteiger partial charge in [-0.25, -0.2) is 4.98 Å². The summed E-state index contributed by atoms with van der Waals surface area (Å²) < 4.78 is 5.94. The standard InChI is InChI=1S/C26H21NO3/c1-26(25(28)29)22(18-8-4-2-5-9-18)23(26)19-14-12-17(13-15-19)21-16-27-24(30-21)20-10-6-3-7-11-20/h2-16,22-23H,1H3,(H,28,29). The van der Waals surface area contributed by atoms with Gasteiger partial charge in [0.2, 0.25) is 5.89 Å². The van der Waals surface area contributed by atoms with E-state index in [9.17, 15) is 9.90 Å². The molecule has 0 amide bonds. The Bertz CT molecular complexity index is 1180. The van der Waals surface area contributed by atoms with E-state index in [1.807, 2.05) is 91.9 Å². The lowest BCUT2D eigenvalue weighted by atomic mass is 9.99. The van der Waals surface area contributed by atoms with E-state index in [1.165, 1.54) is 0 Å². The van der Waals surface area contributed by atoms with Gasteiger partial charge in [-0.05, 0) is 30.2 Å². The number of carboxylic acid groups (broad SMARTS) is 1. The van der Waals surface area contributed by atoms with Crippen LogP contribution in [-0.4, -0.2) is 16.1 Å². The van der Waals surface area contributed by atoms with Gasteiger partial charge in [0, 0.05) is 23.0 Å². The van der Waals surface area contributed by atoms with Gasteiger partial charge in [0.1, 0.15) is 0 Å². The first-order valence-electron chi connectivity index (χ1n) is 9.99. The van der Waals surface area contributed by atoms with Gasteiger partial charge in [0.15, 0.2) is 5.76 Å². The maximum Gasteiger partial charge on any atom is 0.310 e. The third kappa shape index (κ3) is 2.92. The third-order valence-electron chi connectivity index (χ3n) is 6.22. The van der Waals surface area contributed by atoms with Crippen LogP contribution < -0.4 is 0 Å². The maximum absolute atomic E-state index is 12.1. The van der Waals surface area contributed by atoms with Crippen LogP contribution in [0.15, 0.2) is 95.5 Å². The number of carbonyl (C=O) groups is 1. The Morgan fingerprint density at radius 1 is 0.833 bits per heavy atom. The maximum atomic E-state index is 12.1. The van der Waals surface area contributed by atoms with Crippen LogP contribution in [0.1, 0.15) is 29.9 Å². The highest BCUT2D eigenvalue weighted by molar-refractivity contribution is 5.83. The minimum absolute atomic E-state index is 0.0305. The number of hydrogen-bond donors (Lipinski definition) is 1. The molecule has 1 aliphatic rings. The molecule has 3 unspecified atom stereocenters. The Morgan fingerprint density at radius 3 is 2.00 bits per heavy atom. The molecule has 4 nitrogen and oxygen atoms in total. The lowest BCUT2D eigenvalue weighted by molar-refractivity contribution is -0.143. The lowest BCUT2D eigenvalue weighted by Gasteiger charge is -2.06. The zero-order valence-electron chi connectivity index (χ0n) is 16.5. The quantitative estimate of drug-likeness (QED) is 0.451. The van der Waals surface area contributed by atoms with E-state index in [1.54, 1.807) is 6.20 Å². The molecule has 1 heterocycles. The van der Waals surface area contributed by atoms with Crippen LogP contribution >= 0.6 is 0 Å². The van der Waals surface area contributed by atoms with Gasteiger partial charge in [0.25, 0.3) is 0 Å². The van der Waals surface area contributed by atoms with Gasteiger partial charge < -0.3 is 9.52 Å². The minimum atomic E-state index is -0.796. The number of aliphatic carboxylic acids is 1. The average molecular weight is 395 g/mol.